The number of nitrogens with zero attached hydrogens (tertiary/aromatic N) is 5. The minimum Gasteiger partial charge on any atom is -0.465 e. The van der Waals surface area contributed by atoms with E-state index in [1.54, 1.807) is 6.92 Å². The maximum atomic E-state index is 12.8. The molecule has 3 aromatic rings. The summed E-state index contributed by atoms with van der Waals surface area (Å²) in [6, 6.07) is 7.89. The average molecular weight is 441 g/mol. The zero-order valence-electron chi connectivity index (χ0n) is 18.4. The van der Waals surface area contributed by atoms with Crippen molar-refractivity contribution in [2.24, 2.45) is 0 Å². The lowest BCUT2D eigenvalue weighted by atomic mass is 10.1. The number of pyridine rings is 1. The van der Waals surface area contributed by atoms with E-state index in [1.165, 1.54) is 4.68 Å². The number of nitrogens with one attached hydrogen (secondary N) is 1. The lowest BCUT2D eigenvalue weighted by Crippen LogP contribution is -2.34. The van der Waals surface area contributed by atoms with Crippen LogP contribution < -0.4 is 5.56 Å². The van der Waals surface area contributed by atoms with Gasteiger partial charge in [0.2, 0.25) is 0 Å². The second-order valence-electron chi connectivity index (χ2n) is 8.08. The molecule has 32 heavy (non-hydrogen) atoms. The molecule has 0 radical (unpaired) electrons. The molecule has 0 unspecified atom stereocenters. The van der Waals surface area contributed by atoms with Crippen LogP contribution in [-0.4, -0.2) is 61.9 Å². The molecule has 1 aromatic carbocycles. The second-order valence-corrected chi connectivity index (χ2v) is 8.08. The fraction of sp³-hybridized carbons (Fsp3) is 0.500. The van der Waals surface area contributed by atoms with E-state index in [-0.39, 0.29) is 18.2 Å². The van der Waals surface area contributed by atoms with Gasteiger partial charge in [0, 0.05) is 30.8 Å². The smallest absolute Gasteiger partial charge is 0.327 e. The van der Waals surface area contributed by atoms with Gasteiger partial charge in [0.25, 0.3) is 5.56 Å². The van der Waals surface area contributed by atoms with Gasteiger partial charge in [-0.3, -0.25) is 14.5 Å². The summed E-state index contributed by atoms with van der Waals surface area (Å²) < 4.78 is 12.3. The summed E-state index contributed by atoms with van der Waals surface area (Å²) in [5, 5.41) is 12.7. The molecule has 1 aliphatic heterocycles. The number of benzene rings is 1. The maximum absolute atomic E-state index is 12.8. The highest BCUT2D eigenvalue weighted by molar-refractivity contribution is 5.79. The number of hydrogen-bond donors (Lipinski definition) is 1. The number of tetrazole rings is 1. The first-order valence-corrected chi connectivity index (χ1v) is 10.9. The number of carbonyl (C=O) groups excluding carboxylic acids is 1. The van der Waals surface area contributed by atoms with Gasteiger partial charge in [-0.25, -0.2) is 4.68 Å². The van der Waals surface area contributed by atoms with Crippen molar-refractivity contribution in [3.8, 4) is 0 Å². The van der Waals surface area contributed by atoms with E-state index in [2.05, 4.69) is 31.5 Å². The number of rotatable bonds is 9. The van der Waals surface area contributed by atoms with Crippen LogP contribution in [0.4, 0.5) is 0 Å². The Kier molecular flexibility index (Phi) is 6.91. The van der Waals surface area contributed by atoms with Gasteiger partial charge in [-0.1, -0.05) is 11.6 Å². The Morgan fingerprint density at radius 1 is 1.34 bits per heavy atom. The second kappa shape index (κ2) is 10.0. The summed E-state index contributed by atoms with van der Waals surface area (Å²) in [4.78, 5) is 29.7. The lowest BCUT2D eigenvalue weighted by molar-refractivity contribution is -0.144. The number of esters is 1. The lowest BCUT2D eigenvalue weighted by Gasteiger charge is -2.24. The maximum Gasteiger partial charge on any atom is 0.327 e. The number of aromatic nitrogens is 5. The number of H-pyrrole nitrogens is 1. The first-order chi connectivity index (χ1) is 15.5. The van der Waals surface area contributed by atoms with Gasteiger partial charge in [-0.2, -0.15) is 0 Å². The summed E-state index contributed by atoms with van der Waals surface area (Å²) >= 11 is 0. The van der Waals surface area contributed by atoms with Crippen LogP contribution in [0.3, 0.4) is 0 Å². The predicted octanol–water partition coefficient (Wildman–Crippen LogP) is 1.57. The van der Waals surface area contributed by atoms with Gasteiger partial charge in [-0.05, 0) is 60.7 Å². The van der Waals surface area contributed by atoms with E-state index in [0.29, 0.717) is 37.6 Å². The van der Waals surface area contributed by atoms with Crippen LogP contribution >= 0.6 is 0 Å². The first-order valence-electron chi connectivity index (χ1n) is 10.9. The molecular weight excluding hydrogens is 412 g/mol. The molecule has 0 aliphatic carbocycles. The molecule has 10 heteroatoms. The number of aryl methyl sites for hydroxylation is 1. The molecule has 4 rings (SSSR count). The minimum absolute atomic E-state index is 0.0558. The third-order valence-corrected chi connectivity index (χ3v) is 5.51. The van der Waals surface area contributed by atoms with E-state index in [9.17, 15) is 9.59 Å². The quantitative estimate of drug-likeness (QED) is 0.499. The van der Waals surface area contributed by atoms with Crippen molar-refractivity contribution in [1.82, 2.24) is 30.1 Å². The number of aromatic amines is 1. The van der Waals surface area contributed by atoms with Crippen molar-refractivity contribution < 1.29 is 14.3 Å². The van der Waals surface area contributed by atoms with Crippen molar-refractivity contribution in [2.45, 2.75) is 52.4 Å². The van der Waals surface area contributed by atoms with Crippen LogP contribution in [-0.2, 0) is 33.9 Å². The van der Waals surface area contributed by atoms with Gasteiger partial charge in [0.05, 0.1) is 19.3 Å². The highest BCUT2D eigenvalue weighted by Crippen LogP contribution is 2.18. The summed E-state index contributed by atoms with van der Waals surface area (Å²) in [5.41, 5.74) is 2.48. The van der Waals surface area contributed by atoms with Crippen LogP contribution in [0.1, 0.15) is 36.7 Å². The van der Waals surface area contributed by atoms with Crippen LogP contribution in [0.5, 0.6) is 0 Å². The molecule has 10 nitrogen and oxygen atoms in total. The monoisotopic (exact) mass is 440 g/mol. The molecule has 0 spiro atoms. The fourth-order valence-corrected chi connectivity index (χ4v) is 3.98. The van der Waals surface area contributed by atoms with Gasteiger partial charge in [0.15, 0.2) is 5.82 Å². The third-order valence-electron chi connectivity index (χ3n) is 5.51. The van der Waals surface area contributed by atoms with Gasteiger partial charge in [0.1, 0.15) is 6.54 Å². The largest absolute Gasteiger partial charge is 0.465 e. The van der Waals surface area contributed by atoms with Crippen molar-refractivity contribution in [3.05, 3.63) is 51.6 Å². The van der Waals surface area contributed by atoms with Gasteiger partial charge in [-0.15, -0.1) is 5.10 Å². The molecule has 3 heterocycles. The van der Waals surface area contributed by atoms with Crippen LogP contribution in [0, 0.1) is 6.92 Å². The number of carbonyl (C=O) groups is 1. The summed E-state index contributed by atoms with van der Waals surface area (Å²) in [6.45, 7) is 6.18. The van der Waals surface area contributed by atoms with Crippen molar-refractivity contribution in [2.75, 3.05) is 19.8 Å². The molecule has 1 atom stereocenters. The third kappa shape index (κ3) is 5.38. The topological polar surface area (TPSA) is 115 Å². The molecule has 1 saturated heterocycles. The summed E-state index contributed by atoms with van der Waals surface area (Å²) in [7, 11) is 0. The molecule has 170 valence electrons. The Morgan fingerprint density at radius 2 is 2.22 bits per heavy atom. The normalized spacial score (nSPS) is 16.2. The minimum atomic E-state index is -0.395. The number of hydrogen-bond acceptors (Lipinski definition) is 8. The molecule has 1 aliphatic rings. The van der Waals surface area contributed by atoms with Crippen molar-refractivity contribution >= 4 is 16.9 Å². The molecule has 1 N–H and O–H groups in total. The summed E-state index contributed by atoms with van der Waals surface area (Å²) in [6.07, 6.45) is 2.08. The van der Waals surface area contributed by atoms with Crippen LogP contribution in [0.2, 0.25) is 0 Å². The van der Waals surface area contributed by atoms with Crippen molar-refractivity contribution in [1.29, 1.82) is 0 Å². The first kappa shape index (κ1) is 22.1. The Hall–Kier alpha value is -3.11. The van der Waals surface area contributed by atoms with Crippen molar-refractivity contribution in [3.63, 3.8) is 0 Å². The molecular formula is C22H28N6O4. The standard InChI is InChI=1S/C22H28N6O4/c1-3-31-21(29)14-28-20(24-25-26-28)13-27(12-18-5-4-8-32-18)11-17-10-16-9-15(2)6-7-19(16)23-22(17)30/h6-7,9-10,18H,3-5,8,11-14H2,1-2H3,(H,23,30)/t18-/m0/s1. The molecule has 0 bridgehead atoms. The van der Waals surface area contributed by atoms with E-state index in [0.717, 1.165) is 35.9 Å². The fourth-order valence-electron chi connectivity index (χ4n) is 3.98. The zero-order chi connectivity index (χ0) is 22.5. The molecule has 2 aromatic heterocycles. The number of ether oxygens (including phenoxy) is 2. The Bertz CT molecular complexity index is 1130. The SMILES string of the molecule is CCOC(=O)Cn1nnnc1CN(Cc1cc2cc(C)ccc2[nH]c1=O)C[C@@H]1CCCO1. The van der Waals surface area contributed by atoms with E-state index >= 15 is 0 Å². The van der Waals surface area contributed by atoms with E-state index in [1.807, 2.05) is 25.1 Å². The molecule has 1 fully saturated rings. The Morgan fingerprint density at radius 3 is 3.00 bits per heavy atom. The van der Waals surface area contributed by atoms with Gasteiger partial charge >= 0.3 is 5.97 Å². The average Bonchev–Trinajstić information content (AvgIpc) is 3.41. The molecule has 0 saturated carbocycles. The highest BCUT2D eigenvalue weighted by atomic mass is 16.5. The Balaban J connectivity index is 1.57. The number of fused-ring (bicyclic) bond motifs is 1. The summed E-state index contributed by atoms with van der Waals surface area (Å²) in [5.74, 6) is 0.136. The van der Waals surface area contributed by atoms with Crippen LogP contribution in [0.25, 0.3) is 10.9 Å². The van der Waals surface area contributed by atoms with Gasteiger partial charge < -0.3 is 14.5 Å². The molecule has 0 amide bonds. The zero-order valence-corrected chi connectivity index (χ0v) is 18.4. The van der Waals surface area contributed by atoms with E-state index in [4.69, 9.17) is 9.47 Å². The Labute approximate surface area is 185 Å². The highest BCUT2D eigenvalue weighted by Gasteiger charge is 2.23. The predicted molar refractivity (Wildman–Crippen MR) is 117 cm³/mol. The van der Waals surface area contributed by atoms with Crippen LogP contribution in [0.15, 0.2) is 29.1 Å². The van der Waals surface area contributed by atoms with E-state index < -0.39 is 5.97 Å².